The zero-order valence-corrected chi connectivity index (χ0v) is 18.9. The van der Waals surface area contributed by atoms with Crippen LogP contribution in [-0.2, 0) is 0 Å². The zero-order valence-electron chi connectivity index (χ0n) is 17.2. The highest BCUT2D eigenvalue weighted by Crippen LogP contribution is 2.85. The smallest absolute Gasteiger partial charge is 0.420 e. The van der Waals surface area contributed by atoms with Gasteiger partial charge < -0.3 is 10.4 Å². The van der Waals surface area contributed by atoms with Gasteiger partial charge in [-0.3, -0.25) is 0 Å². The van der Waals surface area contributed by atoms with Gasteiger partial charge in [-0.25, -0.2) is 10.9 Å². The number of nitrogens with zero attached hydrogens (tertiary/aromatic N) is 2. The van der Waals surface area contributed by atoms with E-state index in [4.69, 9.17) is 0 Å². The second kappa shape index (κ2) is 8.61. The summed E-state index contributed by atoms with van der Waals surface area (Å²) in [6, 6.07) is 37.6. The summed E-state index contributed by atoms with van der Waals surface area (Å²) in [7, 11) is -3.65. The third kappa shape index (κ3) is 3.68. The van der Waals surface area contributed by atoms with Gasteiger partial charge in [-0.1, -0.05) is 72.8 Å². The third-order valence-corrected chi connectivity index (χ3v) is 11.1. The van der Waals surface area contributed by atoms with Gasteiger partial charge in [-0.05, 0) is 48.5 Å². The van der Waals surface area contributed by atoms with Crippen molar-refractivity contribution in [2.24, 2.45) is 0 Å². The third-order valence-electron chi connectivity index (χ3n) is 5.10. The maximum atomic E-state index is 14.6. The average molecular weight is 460 g/mol. The average Bonchev–Trinajstić information content (AvgIpc) is 2.81. The Morgan fingerprint density at radius 3 is 1.03 bits per heavy atom. The number of rotatable bonds is 6. The van der Waals surface area contributed by atoms with E-state index >= 15 is 0 Å². The Hall–Kier alpha value is -2.82. The van der Waals surface area contributed by atoms with Gasteiger partial charge in [0.15, 0.2) is 0 Å². The lowest BCUT2D eigenvalue weighted by molar-refractivity contribution is -0.793. The van der Waals surface area contributed by atoms with Gasteiger partial charge in [0, 0.05) is 0 Å². The Morgan fingerprint density at radius 1 is 0.438 bits per heavy atom. The Morgan fingerprint density at radius 2 is 0.719 bits per heavy atom. The van der Waals surface area contributed by atoms with E-state index in [-0.39, 0.29) is 0 Å². The van der Waals surface area contributed by atoms with Crippen molar-refractivity contribution in [3.63, 3.8) is 0 Å². The van der Waals surface area contributed by atoms with Crippen molar-refractivity contribution in [3.8, 4) is 0 Å². The summed E-state index contributed by atoms with van der Waals surface area (Å²) in [6.07, 6.45) is 0. The topological polar surface area (TPSA) is 70.2 Å². The molecule has 1 aliphatic rings. The fourth-order valence-corrected chi connectivity index (χ4v) is 10.7. The van der Waals surface area contributed by atoms with Crippen LogP contribution >= 0.6 is 16.4 Å². The van der Waals surface area contributed by atoms with Gasteiger partial charge in [-0.15, -0.1) is 8.59 Å². The van der Waals surface area contributed by atoms with Crippen molar-refractivity contribution in [2.75, 3.05) is 10.9 Å². The molecule has 32 heavy (non-hydrogen) atoms. The molecule has 0 saturated carbocycles. The van der Waals surface area contributed by atoms with Crippen molar-refractivity contribution in [3.05, 3.63) is 132 Å². The zero-order chi connectivity index (χ0) is 22.0. The first-order chi connectivity index (χ1) is 15.6. The summed E-state index contributed by atoms with van der Waals surface area (Å²) in [5.41, 5.74) is 7.74. The summed E-state index contributed by atoms with van der Waals surface area (Å²) in [5.74, 6) is 0. The van der Waals surface area contributed by atoms with E-state index in [9.17, 15) is 10.4 Å². The lowest BCUT2D eigenvalue weighted by Crippen LogP contribution is -2.66. The van der Waals surface area contributed by atoms with Crippen LogP contribution in [-0.4, -0.2) is 8.59 Å². The van der Waals surface area contributed by atoms with E-state index in [1.807, 2.05) is 121 Å². The highest BCUT2D eigenvalue weighted by molar-refractivity contribution is 7.78. The van der Waals surface area contributed by atoms with Crippen LogP contribution in [0.4, 0.5) is 11.4 Å². The molecular weight excluding hydrogens is 438 g/mol. The number of hydrogen-bond acceptors (Lipinski definition) is 4. The maximum absolute atomic E-state index is 14.6. The lowest BCUT2D eigenvalue weighted by atomic mass is 10.3. The highest BCUT2D eigenvalue weighted by Gasteiger charge is 2.75. The summed E-state index contributed by atoms with van der Waals surface area (Å²) < 4.78 is -1.57. The van der Waals surface area contributed by atoms with Gasteiger partial charge in [-0.2, -0.15) is 0 Å². The van der Waals surface area contributed by atoms with E-state index in [1.165, 1.54) is 0 Å². The molecule has 1 saturated heterocycles. The molecule has 1 fully saturated rings. The Bertz CT molecular complexity index is 1060. The predicted molar refractivity (Wildman–Crippen MR) is 133 cm³/mol. The van der Waals surface area contributed by atoms with E-state index in [2.05, 4.69) is 10.9 Å². The molecule has 160 valence electrons. The van der Waals surface area contributed by atoms with Crippen LogP contribution in [0, 0.1) is 10.4 Å². The quantitative estimate of drug-likeness (QED) is 0.275. The predicted octanol–water partition coefficient (Wildman–Crippen LogP) is 5.96. The molecule has 0 unspecified atom stereocenters. The lowest BCUT2D eigenvalue weighted by Gasteiger charge is -2.65. The minimum atomic E-state index is -1.82. The first-order valence-electron chi connectivity index (χ1n) is 10.2. The minimum Gasteiger partial charge on any atom is -0.596 e. The first-order valence-corrected chi connectivity index (χ1v) is 12.7. The highest BCUT2D eigenvalue weighted by atomic mass is 31.3. The summed E-state index contributed by atoms with van der Waals surface area (Å²) in [5, 5.41) is 30.7. The van der Waals surface area contributed by atoms with Gasteiger partial charge in [0.25, 0.3) is 0 Å². The second-order valence-corrected chi connectivity index (χ2v) is 12.4. The summed E-state index contributed by atoms with van der Waals surface area (Å²) in [6.45, 7) is 0. The van der Waals surface area contributed by atoms with Crippen LogP contribution in [0.5, 0.6) is 0 Å². The van der Waals surface area contributed by atoms with E-state index < -0.39 is 25.0 Å². The molecular formula is C24H22N4O2P2. The maximum Gasteiger partial charge on any atom is 0.420 e. The fraction of sp³-hybridized carbons (Fsp3) is 0. The molecule has 0 aliphatic carbocycles. The monoisotopic (exact) mass is 460 g/mol. The number of para-hydroxylation sites is 2. The van der Waals surface area contributed by atoms with Crippen molar-refractivity contribution >= 4 is 38.4 Å². The molecule has 6 nitrogen and oxygen atoms in total. The van der Waals surface area contributed by atoms with E-state index in [1.54, 1.807) is 0 Å². The molecule has 5 rings (SSSR count). The minimum absolute atomic E-state index is 0.695. The number of nitrogens with one attached hydrogen (secondary N) is 2. The first kappa shape index (κ1) is 21.0. The number of quaternary nitrogens is 2. The van der Waals surface area contributed by atoms with Gasteiger partial charge in [0.1, 0.15) is 0 Å². The SMILES string of the molecule is [O-][N+]1(Nc2ccccc2)P(c2ccccc2)[N+]([O-])(Nc2ccccc2)P1c1ccccc1. The van der Waals surface area contributed by atoms with Crippen LogP contribution < -0.4 is 21.5 Å². The molecule has 0 amide bonds. The van der Waals surface area contributed by atoms with Gasteiger partial charge >= 0.3 is 16.4 Å². The summed E-state index contributed by atoms with van der Waals surface area (Å²) in [4.78, 5) is 0. The molecule has 4 aromatic carbocycles. The van der Waals surface area contributed by atoms with Crippen LogP contribution in [0.3, 0.4) is 0 Å². The van der Waals surface area contributed by atoms with E-state index in [0.717, 1.165) is 10.6 Å². The van der Waals surface area contributed by atoms with Gasteiger partial charge in [0.2, 0.25) is 0 Å². The van der Waals surface area contributed by atoms with Crippen molar-refractivity contribution in [2.45, 2.75) is 0 Å². The molecule has 0 radical (unpaired) electrons. The largest absolute Gasteiger partial charge is 0.596 e. The Balaban J connectivity index is 1.65. The molecule has 8 heteroatoms. The van der Waals surface area contributed by atoms with Crippen LogP contribution in [0.15, 0.2) is 121 Å². The molecule has 0 bridgehead atoms. The van der Waals surface area contributed by atoms with Crippen molar-refractivity contribution in [1.82, 2.24) is 0 Å². The second-order valence-electron chi connectivity index (χ2n) is 7.29. The molecule has 0 spiro atoms. The normalized spacial score (nSPS) is 26.7. The number of anilines is 2. The molecule has 0 atom stereocenters. The molecule has 2 N–H and O–H groups in total. The summed E-state index contributed by atoms with van der Waals surface area (Å²) >= 11 is 0. The van der Waals surface area contributed by atoms with E-state index in [0.29, 0.717) is 11.4 Å². The number of benzene rings is 4. The van der Waals surface area contributed by atoms with Crippen LogP contribution in [0.25, 0.3) is 0 Å². The molecule has 1 heterocycles. The standard InChI is InChI=1S/C24H22N4O2P2/c29-27(25-21-13-5-1-6-14-21)31(23-17-9-3-10-18-23)28(30,26-22-15-7-2-8-16-22)32(27)24-19-11-4-12-20-24/h1-20,25-26H. The molecule has 0 aromatic heterocycles. The van der Waals surface area contributed by atoms with Gasteiger partial charge in [0.05, 0.1) is 22.0 Å². The Labute approximate surface area is 189 Å². The molecule has 1 aliphatic heterocycles. The van der Waals surface area contributed by atoms with Crippen molar-refractivity contribution < 1.29 is 8.59 Å². The fourth-order valence-electron chi connectivity index (χ4n) is 3.76. The molecule has 4 aromatic rings. The van der Waals surface area contributed by atoms with Crippen molar-refractivity contribution in [1.29, 1.82) is 0 Å². The van der Waals surface area contributed by atoms with Crippen LogP contribution in [0.2, 0.25) is 0 Å². The number of hydrogen-bond donors (Lipinski definition) is 2. The van der Waals surface area contributed by atoms with Crippen LogP contribution in [0.1, 0.15) is 0 Å². The Kier molecular flexibility index (Phi) is 5.66.